The van der Waals surface area contributed by atoms with Crippen LogP contribution in [0.1, 0.15) is 41.0 Å². The van der Waals surface area contributed by atoms with E-state index in [1.807, 2.05) is 0 Å². The molecule has 0 bridgehead atoms. The molecule has 202 valence electrons. The number of hydrogen-bond donors (Lipinski definition) is 6. The van der Waals surface area contributed by atoms with Gasteiger partial charge in [0.25, 0.3) is 5.91 Å². The molecule has 1 heterocycles. The highest BCUT2D eigenvalue weighted by Gasteiger charge is 2.44. The molecule has 0 fully saturated rings. The van der Waals surface area contributed by atoms with Crippen LogP contribution in [0.25, 0.3) is 0 Å². The van der Waals surface area contributed by atoms with E-state index in [2.05, 4.69) is 44.4 Å². The van der Waals surface area contributed by atoms with E-state index in [4.69, 9.17) is 10.5 Å². The van der Waals surface area contributed by atoms with Crippen molar-refractivity contribution in [2.45, 2.75) is 25.5 Å². The second kappa shape index (κ2) is 12.7. The van der Waals surface area contributed by atoms with Crippen molar-refractivity contribution in [1.82, 2.24) is 20.7 Å². The van der Waals surface area contributed by atoms with Gasteiger partial charge in [0.05, 0.1) is 13.2 Å². The summed E-state index contributed by atoms with van der Waals surface area (Å²) < 4.78 is 5.25. The Morgan fingerprint density at radius 2 is 1.59 bits per heavy atom. The molecule has 3 rings (SSSR count). The highest BCUT2D eigenvalue weighted by atomic mass is 16.5. The molecule has 2 atom stereocenters. The number of nitrogen functional groups attached to an aromatic ring is 1. The molecule has 0 aliphatic carbocycles. The van der Waals surface area contributed by atoms with Crippen molar-refractivity contribution < 1.29 is 29.6 Å². The summed E-state index contributed by atoms with van der Waals surface area (Å²) in [7, 11) is 0. The topological polar surface area (TPSA) is 184 Å². The number of anilines is 1. The Labute approximate surface area is 225 Å². The largest absolute Gasteiger partial charge is 0.463 e. The number of aromatic nitrogens is 3. The first-order valence-electron chi connectivity index (χ1n) is 11.8. The number of carbonyl (C=O) groups is 2. The molecule has 1 amide bonds. The molecule has 0 radical (unpaired) electrons. The monoisotopic (exact) mass is 531 g/mol. The maximum Gasteiger partial charge on any atom is 0.332 e. The van der Waals surface area contributed by atoms with Gasteiger partial charge in [-0.05, 0) is 67.3 Å². The number of nitrogens with one attached hydrogen (secondary N) is 2. The van der Waals surface area contributed by atoms with Crippen LogP contribution in [0.5, 0.6) is 0 Å². The number of nitrogens with zero attached hydrogens (tertiary/aromatic N) is 2. The number of ether oxygens (including phenoxy) is 1. The van der Waals surface area contributed by atoms with Gasteiger partial charge in [-0.2, -0.15) is 0 Å². The number of nitrogens with two attached hydrogens (primary N) is 1. The van der Waals surface area contributed by atoms with Crippen LogP contribution >= 0.6 is 0 Å². The number of carbonyl (C=O) groups excluding carboxylic acids is 2. The minimum Gasteiger partial charge on any atom is -0.463 e. The van der Waals surface area contributed by atoms with E-state index < -0.39 is 42.1 Å². The number of H-pyrrole nitrogens is 1. The fourth-order valence-corrected chi connectivity index (χ4v) is 3.19. The van der Waals surface area contributed by atoms with Gasteiger partial charge in [-0.1, -0.05) is 24.0 Å². The van der Waals surface area contributed by atoms with Crippen molar-refractivity contribution in [3.8, 4) is 23.7 Å². The summed E-state index contributed by atoms with van der Waals surface area (Å²) in [5.41, 5.74) is 4.74. The quantitative estimate of drug-likeness (QED) is 0.129. The average molecular weight is 532 g/mol. The predicted molar refractivity (Wildman–Crippen MR) is 141 cm³/mol. The standard InChI is InChI=1S/C28H29N5O6/c1-27(16-34,17-35)18-39-26(37)24(28(2,38)23-15-30-33-32-23)31-25(36)21-11-7-19(8-12-21)5-3-4-6-20-9-13-22(29)14-10-20/h7-15,24,34-35,38H,16-18,29H2,1-2H3,(H,31,36)(H,30,32,33)/t24-,28?/m1/s1. The fourth-order valence-electron chi connectivity index (χ4n) is 3.19. The van der Waals surface area contributed by atoms with Crippen LogP contribution in [0.3, 0.4) is 0 Å². The molecule has 1 unspecified atom stereocenters. The minimum atomic E-state index is -2.01. The molecule has 0 spiro atoms. The van der Waals surface area contributed by atoms with Crippen LogP contribution in [-0.2, 0) is 15.1 Å². The molecular weight excluding hydrogens is 502 g/mol. The van der Waals surface area contributed by atoms with E-state index >= 15 is 0 Å². The molecule has 2 aromatic carbocycles. The van der Waals surface area contributed by atoms with Gasteiger partial charge in [0.1, 0.15) is 17.9 Å². The number of aliphatic hydroxyl groups is 3. The molecule has 0 saturated carbocycles. The van der Waals surface area contributed by atoms with E-state index in [1.165, 1.54) is 32.2 Å². The molecule has 11 heteroatoms. The molecule has 0 aliphatic rings. The summed E-state index contributed by atoms with van der Waals surface area (Å²) in [5.74, 6) is 9.62. The summed E-state index contributed by atoms with van der Waals surface area (Å²) in [5, 5.41) is 42.3. The summed E-state index contributed by atoms with van der Waals surface area (Å²) in [4.78, 5) is 26.0. The third kappa shape index (κ3) is 7.66. The number of aromatic amines is 1. The van der Waals surface area contributed by atoms with Crippen LogP contribution in [-0.4, -0.2) is 68.5 Å². The van der Waals surface area contributed by atoms with Crippen LogP contribution in [0.2, 0.25) is 0 Å². The molecule has 0 aliphatic heterocycles. The van der Waals surface area contributed by atoms with Gasteiger partial charge in [-0.3, -0.25) is 9.89 Å². The first-order valence-corrected chi connectivity index (χ1v) is 11.8. The fraction of sp³-hybridized carbons (Fsp3) is 0.286. The lowest BCUT2D eigenvalue weighted by atomic mass is 9.92. The second-order valence-electron chi connectivity index (χ2n) is 9.35. The Kier molecular flexibility index (Phi) is 9.42. The van der Waals surface area contributed by atoms with Gasteiger partial charge in [0.2, 0.25) is 0 Å². The summed E-state index contributed by atoms with van der Waals surface area (Å²) in [6, 6.07) is 11.7. The van der Waals surface area contributed by atoms with E-state index in [0.29, 0.717) is 11.3 Å². The number of amides is 1. The van der Waals surface area contributed by atoms with Crippen LogP contribution in [0, 0.1) is 29.1 Å². The average Bonchev–Trinajstić information content (AvgIpc) is 3.50. The van der Waals surface area contributed by atoms with Crippen LogP contribution < -0.4 is 11.1 Å². The number of aliphatic hydroxyl groups excluding tert-OH is 2. The lowest BCUT2D eigenvalue weighted by Gasteiger charge is -2.31. The van der Waals surface area contributed by atoms with Crippen molar-refractivity contribution in [3.63, 3.8) is 0 Å². The van der Waals surface area contributed by atoms with Crippen LogP contribution in [0.15, 0.2) is 54.7 Å². The Bertz CT molecular complexity index is 1390. The van der Waals surface area contributed by atoms with Crippen molar-refractivity contribution in [2.75, 3.05) is 25.6 Å². The van der Waals surface area contributed by atoms with E-state index in [-0.39, 0.29) is 17.9 Å². The van der Waals surface area contributed by atoms with E-state index in [9.17, 15) is 24.9 Å². The Balaban J connectivity index is 1.74. The van der Waals surface area contributed by atoms with Gasteiger partial charge in [0.15, 0.2) is 6.04 Å². The van der Waals surface area contributed by atoms with Gasteiger partial charge >= 0.3 is 5.97 Å². The Hall–Kier alpha value is -4.68. The first kappa shape index (κ1) is 28.9. The van der Waals surface area contributed by atoms with Crippen molar-refractivity contribution >= 4 is 17.6 Å². The molecule has 0 saturated heterocycles. The third-order valence-electron chi connectivity index (χ3n) is 5.87. The van der Waals surface area contributed by atoms with Crippen molar-refractivity contribution in [1.29, 1.82) is 0 Å². The second-order valence-corrected chi connectivity index (χ2v) is 9.35. The van der Waals surface area contributed by atoms with E-state index in [1.54, 1.807) is 36.4 Å². The van der Waals surface area contributed by atoms with E-state index in [0.717, 1.165) is 5.56 Å². The van der Waals surface area contributed by atoms with Gasteiger partial charge in [0, 0.05) is 34.0 Å². The molecule has 1 aromatic heterocycles. The SMILES string of the molecule is CC(CO)(CO)COC(=O)[C@@H](NC(=O)c1ccc(C#CC#Cc2ccc(N)cc2)cc1)C(C)(O)c1c[nH]nn1. The normalized spacial score (nSPS) is 13.1. The van der Waals surface area contributed by atoms with Crippen molar-refractivity contribution in [2.24, 2.45) is 5.41 Å². The molecule has 11 nitrogen and oxygen atoms in total. The lowest BCUT2D eigenvalue weighted by Crippen LogP contribution is -2.55. The smallest absolute Gasteiger partial charge is 0.332 e. The lowest BCUT2D eigenvalue weighted by molar-refractivity contribution is -0.158. The highest BCUT2D eigenvalue weighted by Crippen LogP contribution is 2.25. The summed E-state index contributed by atoms with van der Waals surface area (Å²) in [6.45, 7) is 1.54. The number of benzene rings is 2. The predicted octanol–water partition coefficient (Wildman–Crippen LogP) is 0.330. The zero-order valence-electron chi connectivity index (χ0n) is 21.4. The zero-order valence-corrected chi connectivity index (χ0v) is 21.4. The molecule has 7 N–H and O–H groups in total. The molecule has 3 aromatic rings. The molecular formula is C28H29N5O6. The highest BCUT2D eigenvalue weighted by molar-refractivity contribution is 5.97. The Morgan fingerprint density at radius 3 is 2.10 bits per heavy atom. The maximum atomic E-state index is 13.0. The number of rotatable bonds is 9. The summed E-state index contributed by atoms with van der Waals surface area (Å²) >= 11 is 0. The molecule has 39 heavy (non-hydrogen) atoms. The summed E-state index contributed by atoms with van der Waals surface area (Å²) in [6.07, 6.45) is 1.28. The number of esters is 1. The third-order valence-corrected chi connectivity index (χ3v) is 5.87. The van der Waals surface area contributed by atoms with Crippen LogP contribution in [0.4, 0.5) is 5.69 Å². The zero-order chi connectivity index (χ0) is 28.5. The maximum absolute atomic E-state index is 13.0. The Morgan fingerprint density at radius 1 is 1.03 bits per heavy atom. The number of hydrogen-bond acceptors (Lipinski definition) is 9. The van der Waals surface area contributed by atoms with Gasteiger partial charge < -0.3 is 31.1 Å². The van der Waals surface area contributed by atoms with Gasteiger partial charge in [-0.25, -0.2) is 4.79 Å². The van der Waals surface area contributed by atoms with Crippen molar-refractivity contribution in [3.05, 3.63) is 77.1 Å². The minimum absolute atomic E-state index is 0.0115. The van der Waals surface area contributed by atoms with Gasteiger partial charge in [-0.15, -0.1) is 5.10 Å². The first-order chi connectivity index (χ1) is 18.6.